The lowest BCUT2D eigenvalue weighted by Gasteiger charge is -2.12. The summed E-state index contributed by atoms with van der Waals surface area (Å²) in [5.74, 6) is 0.738. The fraction of sp³-hybridized carbons (Fsp3) is 0.118. The number of ether oxygens (including phenoxy) is 1. The number of nitrogens with zero attached hydrogens (tertiary/aromatic N) is 3. The van der Waals surface area contributed by atoms with Gasteiger partial charge in [-0.05, 0) is 17.7 Å². The highest BCUT2D eigenvalue weighted by atomic mass is 35.5. The number of hydrogen-bond donors (Lipinski definition) is 0. The molecule has 0 aliphatic carbocycles. The van der Waals surface area contributed by atoms with E-state index in [4.69, 9.17) is 37.2 Å². The Morgan fingerprint density at radius 3 is 2.80 bits per heavy atom. The molecule has 8 heteroatoms. The second kappa shape index (κ2) is 8.00. The van der Waals surface area contributed by atoms with Gasteiger partial charge in [-0.15, -0.1) is 10.2 Å². The molecule has 0 spiro atoms. The Bertz CT molecular complexity index is 883. The maximum absolute atomic E-state index is 6.14. The van der Waals surface area contributed by atoms with Crippen molar-refractivity contribution in [3.63, 3.8) is 0 Å². The van der Waals surface area contributed by atoms with Gasteiger partial charge in [0.15, 0.2) is 5.71 Å². The van der Waals surface area contributed by atoms with Gasteiger partial charge in [-0.25, -0.2) is 0 Å². The average molecular weight is 378 g/mol. The van der Waals surface area contributed by atoms with Crippen molar-refractivity contribution in [1.29, 1.82) is 0 Å². The van der Waals surface area contributed by atoms with Crippen LogP contribution in [0.3, 0.4) is 0 Å². The Morgan fingerprint density at radius 1 is 1.20 bits per heavy atom. The van der Waals surface area contributed by atoms with Crippen molar-refractivity contribution in [2.75, 3.05) is 7.11 Å². The highest BCUT2D eigenvalue weighted by molar-refractivity contribution is 6.34. The third kappa shape index (κ3) is 4.10. The van der Waals surface area contributed by atoms with E-state index >= 15 is 0 Å². The summed E-state index contributed by atoms with van der Waals surface area (Å²) in [6.07, 6.45) is 1.23. The molecule has 0 N–H and O–H groups in total. The SMILES string of the molecule is CO/N=C(\c1nnco1)c1ccccc1COc1cc(Cl)ccc1Cl. The molecule has 0 aliphatic heterocycles. The summed E-state index contributed by atoms with van der Waals surface area (Å²) in [6, 6.07) is 12.6. The van der Waals surface area contributed by atoms with Crippen LogP contribution in [0.1, 0.15) is 17.0 Å². The smallest absolute Gasteiger partial charge is 0.270 e. The zero-order valence-corrected chi connectivity index (χ0v) is 14.7. The van der Waals surface area contributed by atoms with E-state index in [-0.39, 0.29) is 12.5 Å². The second-order valence-corrected chi connectivity index (χ2v) is 5.73. The van der Waals surface area contributed by atoms with Crippen LogP contribution in [0.15, 0.2) is 58.4 Å². The molecular formula is C17H13Cl2N3O3. The molecule has 3 rings (SSSR count). The third-order valence-corrected chi connectivity index (χ3v) is 3.84. The summed E-state index contributed by atoms with van der Waals surface area (Å²) >= 11 is 12.1. The zero-order valence-electron chi connectivity index (χ0n) is 13.1. The quantitative estimate of drug-likeness (QED) is 0.471. The molecule has 25 heavy (non-hydrogen) atoms. The number of halogens is 2. The molecule has 128 valence electrons. The van der Waals surface area contributed by atoms with Crippen LogP contribution >= 0.6 is 23.2 Å². The normalized spacial score (nSPS) is 11.4. The topological polar surface area (TPSA) is 69.7 Å². The first kappa shape index (κ1) is 17.3. The predicted molar refractivity (Wildman–Crippen MR) is 94.2 cm³/mol. The van der Waals surface area contributed by atoms with Gasteiger partial charge in [0.2, 0.25) is 6.39 Å². The molecule has 1 aromatic heterocycles. The van der Waals surface area contributed by atoms with Crippen LogP contribution in [0.5, 0.6) is 5.75 Å². The van der Waals surface area contributed by atoms with Crippen LogP contribution in [-0.4, -0.2) is 23.0 Å². The standard InChI is InChI=1S/C17H13Cl2N3O3/c1-23-22-16(17-21-20-10-25-17)13-5-3-2-4-11(13)9-24-15-8-12(18)6-7-14(15)19/h2-8,10H,9H2,1H3/b22-16-. The first-order valence-corrected chi connectivity index (χ1v) is 7.98. The predicted octanol–water partition coefficient (Wildman–Crippen LogP) is 4.35. The lowest BCUT2D eigenvalue weighted by Crippen LogP contribution is -2.10. The molecular weight excluding hydrogens is 365 g/mol. The van der Waals surface area contributed by atoms with Gasteiger partial charge in [0.25, 0.3) is 5.89 Å². The maximum Gasteiger partial charge on any atom is 0.270 e. The van der Waals surface area contributed by atoms with Crippen molar-refractivity contribution in [2.45, 2.75) is 6.61 Å². The molecule has 0 atom stereocenters. The molecule has 0 saturated heterocycles. The Hall–Kier alpha value is -2.57. The van der Waals surface area contributed by atoms with E-state index in [1.807, 2.05) is 24.3 Å². The summed E-state index contributed by atoms with van der Waals surface area (Å²) in [4.78, 5) is 4.92. The van der Waals surface area contributed by atoms with Crippen molar-refractivity contribution >= 4 is 28.9 Å². The van der Waals surface area contributed by atoms with E-state index in [2.05, 4.69) is 15.4 Å². The Morgan fingerprint density at radius 2 is 2.04 bits per heavy atom. The second-order valence-electron chi connectivity index (χ2n) is 4.89. The van der Waals surface area contributed by atoms with Crippen LogP contribution in [0.2, 0.25) is 10.0 Å². The number of benzene rings is 2. The van der Waals surface area contributed by atoms with Gasteiger partial charge in [-0.3, -0.25) is 0 Å². The van der Waals surface area contributed by atoms with Gasteiger partial charge in [0.05, 0.1) is 5.02 Å². The maximum atomic E-state index is 6.14. The number of oxime groups is 1. The number of hydrogen-bond acceptors (Lipinski definition) is 6. The summed E-state index contributed by atoms with van der Waals surface area (Å²) in [6.45, 7) is 0.243. The summed E-state index contributed by atoms with van der Waals surface area (Å²) in [5.41, 5.74) is 2.00. The van der Waals surface area contributed by atoms with Crippen LogP contribution in [0.25, 0.3) is 0 Å². The van der Waals surface area contributed by atoms with Crippen LogP contribution < -0.4 is 4.74 Å². The minimum absolute atomic E-state index is 0.243. The van der Waals surface area contributed by atoms with Crippen LogP contribution in [0, 0.1) is 0 Å². The van der Waals surface area contributed by atoms with Crippen molar-refractivity contribution in [1.82, 2.24) is 10.2 Å². The largest absolute Gasteiger partial charge is 0.487 e. The molecule has 1 heterocycles. The minimum atomic E-state index is 0.243. The van der Waals surface area contributed by atoms with E-state index in [1.165, 1.54) is 13.5 Å². The van der Waals surface area contributed by atoms with Gasteiger partial charge >= 0.3 is 0 Å². The highest BCUT2D eigenvalue weighted by Crippen LogP contribution is 2.29. The molecule has 0 bridgehead atoms. The fourth-order valence-electron chi connectivity index (χ4n) is 2.19. The molecule has 0 aliphatic rings. The van der Waals surface area contributed by atoms with Crippen LogP contribution in [-0.2, 0) is 11.4 Å². The van der Waals surface area contributed by atoms with E-state index in [1.54, 1.807) is 18.2 Å². The molecule has 0 fully saturated rings. The van der Waals surface area contributed by atoms with Crippen molar-refractivity contribution in [3.05, 3.63) is 75.9 Å². The fourth-order valence-corrected chi connectivity index (χ4v) is 2.53. The molecule has 0 amide bonds. The van der Waals surface area contributed by atoms with Gasteiger partial charge in [0, 0.05) is 16.7 Å². The van der Waals surface area contributed by atoms with Gasteiger partial charge in [0.1, 0.15) is 19.5 Å². The van der Waals surface area contributed by atoms with Crippen molar-refractivity contribution in [2.24, 2.45) is 5.16 Å². The summed E-state index contributed by atoms with van der Waals surface area (Å²) in [5, 5.41) is 12.6. The Labute approximate surface area is 154 Å². The average Bonchev–Trinajstić information content (AvgIpc) is 3.15. The zero-order chi connectivity index (χ0) is 17.6. The third-order valence-electron chi connectivity index (χ3n) is 3.29. The van der Waals surface area contributed by atoms with Crippen molar-refractivity contribution < 1.29 is 14.0 Å². The van der Waals surface area contributed by atoms with Gasteiger partial charge < -0.3 is 14.0 Å². The molecule has 3 aromatic rings. The molecule has 0 unspecified atom stereocenters. The molecule has 0 radical (unpaired) electrons. The van der Waals surface area contributed by atoms with E-state index < -0.39 is 0 Å². The first-order chi connectivity index (χ1) is 12.2. The minimum Gasteiger partial charge on any atom is -0.487 e. The lowest BCUT2D eigenvalue weighted by atomic mass is 10.0. The monoisotopic (exact) mass is 377 g/mol. The summed E-state index contributed by atoms with van der Waals surface area (Å²) < 4.78 is 11.1. The van der Waals surface area contributed by atoms with Gasteiger partial charge in [-0.1, -0.05) is 52.6 Å². The molecule has 0 saturated carbocycles. The van der Waals surface area contributed by atoms with Crippen molar-refractivity contribution in [3.8, 4) is 5.75 Å². The Balaban J connectivity index is 1.90. The van der Waals surface area contributed by atoms with E-state index in [0.717, 1.165) is 11.1 Å². The van der Waals surface area contributed by atoms with E-state index in [9.17, 15) is 0 Å². The number of rotatable bonds is 6. The van der Waals surface area contributed by atoms with Crippen LogP contribution in [0.4, 0.5) is 0 Å². The lowest BCUT2D eigenvalue weighted by molar-refractivity contribution is 0.213. The highest BCUT2D eigenvalue weighted by Gasteiger charge is 2.17. The first-order valence-electron chi connectivity index (χ1n) is 7.23. The van der Waals surface area contributed by atoms with Gasteiger partial charge in [-0.2, -0.15) is 0 Å². The van der Waals surface area contributed by atoms with E-state index in [0.29, 0.717) is 21.5 Å². The number of aromatic nitrogens is 2. The molecule has 6 nitrogen and oxygen atoms in total. The summed E-state index contributed by atoms with van der Waals surface area (Å²) in [7, 11) is 1.45. The molecule has 2 aromatic carbocycles. The Kier molecular flexibility index (Phi) is 5.53.